The highest BCUT2D eigenvalue weighted by atomic mass is 32.1. The van der Waals surface area contributed by atoms with E-state index in [4.69, 9.17) is 5.11 Å². The topological polar surface area (TPSA) is 101 Å². The maximum absolute atomic E-state index is 12.4. The van der Waals surface area contributed by atoms with Crippen LogP contribution in [0, 0.1) is 12.8 Å². The summed E-state index contributed by atoms with van der Waals surface area (Å²) in [6.45, 7) is 1.79. The quantitative estimate of drug-likeness (QED) is 0.884. The van der Waals surface area contributed by atoms with Gasteiger partial charge in [0.05, 0.1) is 5.92 Å². The summed E-state index contributed by atoms with van der Waals surface area (Å²) in [5.41, 5.74) is 0.397. The highest BCUT2D eigenvalue weighted by Gasteiger charge is 2.27. The number of carboxylic acids is 1. The van der Waals surface area contributed by atoms with Gasteiger partial charge in [0.1, 0.15) is 5.56 Å². The van der Waals surface area contributed by atoms with Crippen molar-refractivity contribution < 1.29 is 14.7 Å². The van der Waals surface area contributed by atoms with Crippen LogP contribution < -0.4 is 10.9 Å². The summed E-state index contributed by atoms with van der Waals surface area (Å²) in [5, 5.41) is 13.6. The van der Waals surface area contributed by atoms with Crippen LogP contribution in [-0.4, -0.2) is 32.4 Å². The second-order valence-electron chi connectivity index (χ2n) is 5.83. The minimum Gasteiger partial charge on any atom is -0.481 e. The normalized spacial score (nSPS) is 21.3. The van der Waals surface area contributed by atoms with Gasteiger partial charge in [-0.15, -0.1) is 11.3 Å². The highest BCUT2D eigenvalue weighted by Crippen LogP contribution is 2.24. The number of hydrogen-bond donors (Lipinski definition) is 2. The van der Waals surface area contributed by atoms with Gasteiger partial charge < -0.3 is 10.4 Å². The van der Waals surface area contributed by atoms with Crippen LogP contribution in [-0.2, 0) is 4.79 Å². The second kappa shape index (κ2) is 6.11. The fourth-order valence-electron chi connectivity index (χ4n) is 2.93. The molecule has 1 amide bonds. The van der Waals surface area contributed by atoms with Crippen LogP contribution >= 0.6 is 11.3 Å². The zero-order valence-corrected chi connectivity index (χ0v) is 13.4. The third-order valence-electron chi connectivity index (χ3n) is 4.27. The van der Waals surface area contributed by atoms with Crippen molar-refractivity contribution in [3.05, 3.63) is 33.2 Å². The van der Waals surface area contributed by atoms with Gasteiger partial charge in [-0.1, -0.05) is 0 Å². The largest absolute Gasteiger partial charge is 0.481 e. The molecule has 0 spiro atoms. The summed E-state index contributed by atoms with van der Waals surface area (Å²) < 4.78 is 1.43. The lowest BCUT2D eigenvalue weighted by atomic mass is 9.86. The Kier molecular flexibility index (Phi) is 4.16. The number of aliphatic carboxylic acids is 1. The van der Waals surface area contributed by atoms with Gasteiger partial charge in [-0.3, -0.25) is 18.8 Å². The molecule has 0 saturated heterocycles. The molecule has 8 heteroatoms. The van der Waals surface area contributed by atoms with Crippen molar-refractivity contribution >= 4 is 28.2 Å². The number of hydrogen-bond acceptors (Lipinski definition) is 5. The molecule has 0 aromatic carbocycles. The first-order valence-corrected chi connectivity index (χ1v) is 8.35. The monoisotopic (exact) mass is 335 g/mol. The van der Waals surface area contributed by atoms with E-state index in [0.717, 1.165) is 5.69 Å². The molecule has 0 unspecified atom stereocenters. The summed E-state index contributed by atoms with van der Waals surface area (Å²) in [6.07, 6.45) is 3.61. The molecule has 0 atom stereocenters. The van der Waals surface area contributed by atoms with E-state index in [-0.39, 0.29) is 23.1 Å². The average molecular weight is 335 g/mol. The Morgan fingerprint density at radius 1 is 1.35 bits per heavy atom. The Morgan fingerprint density at radius 2 is 2.04 bits per heavy atom. The number of nitrogens with zero attached hydrogens (tertiary/aromatic N) is 2. The van der Waals surface area contributed by atoms with E-state index in [1.165, 1.54) is 21.9 Å². The number of aromatic nitrogens is 2. The third-order valence-corrected chi connectivity index (χ3v) is 5.23. The first kappa shape index (κ1) is 15.7. The molecule has 23 heavy (non-hydrogen) atoms. The van der Waals surface area contributed by atoms with Crippen LogP contribution in [0.2, 0.25) is 0 Å². The molecule has 0 aliphatic heterocycles. The number of thiazole rings is 1. The molecular weight excluding hydrogens is 318 g/mol. The molecule has 1 aliphatic rings. The van der Waals surface area contributed by atoms with Gasteiger partial charge in [0.25, 0.3) is 11.5 Å². The SMILES string of the molecule is Cc1csc2ncc(C(=O)NC3CCC(C(=O)O)CC3)c(=O)n12. The average Bonchev–Trinajstić information content (AvgIpc) is 2.90. The minimum absolute atomic E-state index is 0.0179. The fraction of sp³-hybridized carbons (Fsp3) is 0.467. The van der Waals surface area contributed by atoms with Crippen LogP contribution in [0.25, 0.3) is 4.96 Å². The zero-order valence-electron chi connectivity index (χ0n) is 12.6. The summed E-state index contributed by atoms with van der Waals surface area (Å²) in [6, 6.07) is -0.0956. The van der Waals surface area contributed by atoms with Gasteiger partial charge in [0.15, 0.2) is 4.96 Å². The number of amides is 1. The first-order chi connectivity index (χ1) is 11.0. The van der Waals surface area contributed by atoms with Crippen molar-refractivity contribution in [2.75, 3.05) is 0 Å². The van der Waals surface area contributed by atoms with Crippen molar-refractivity contribution in [1.82, 2.24) is 14.7 Å². The van der Waals surface area contributed by atoms with E-state index >= 15 is 0 Å². The van der Waals surface area contributed by atoms with Gasteiger partial charge in [-0.05, 0) is 32.6 Å². The Hall–Kier alpha value is -2.22. The van der Waals surface area contributed by atoms with Crippen molar-refractivity contribution in [3.63, 3.8) is 0 Å². The molecule has 1 aliphatic carbocycles. The molecule has 1 saturated carbocycles. The van der Waals surface area contributed by atoms with Crippen LogP contribution in [0.15, 0.2) is 16.4 Å². The van der Waals surface area contributed by atoms with Crippen molar-refractivity contribution in [3.8, 4) is 0 Å². The number of carbonyl (C=O) groups excluding carboxylic acids is 1. The summed E-state index contributed by atoms with van der Waals surface area (Å²) >= 11 is 1.35. The fourth-order valence-corrected chi connectivity index (χ4v) is 3.76. The molecule has 122 valence electrons. The summed E-state index contributed by atoms with van der Waals surface area (Å²) in [5.74, 6) is -1.56. The molecule has 7 nitrogen and oxygen atoms in total. The van der Waals surface area contributed by atoms with E-state index in [9.17, 15) is 14.4 Å². The maximum Gasteiger partial charge on any atom is 0.306 e. The van der Waals surface area contributed by atoms with E-state index < -0.39 is 11.9 Å². The molecule has 2 N–H and O–H groups in total. The lowest BCUT2D eigenvalue weighted by Gasteiger charge is -2.26. The predicted octanol–water partition coefficient (Wildman–Crippen LogP) is 1.44. The summed E-state index contributed by atoms with van der Waals surface area (Å²) in [4.78, 5) is 40.4. The molecule has 2 heterocycles. The molecule has 3 rings (SSSR count). The number of carbonyl (C=O) groups is 2. The zero-order chi connectivity index (χ0) is 16.6. The molecule has 1 fully saturated rings. The van der Waals surface area contributed by atoms with Crippen LogP contribution in [0.4, 0.5) is 0 Å². The van der Waals surface area contributed by atoms with Crippen molar-refractivity contribution in [1.29, 1.82) is 0 Å². The highest BCUT2D eigenvalue weighted by molar-refractivity contribution is 7.15. The number of rotatable bonds is 3. The number of aryl methyl sites for hydroxylation is 1. The lowest BCUT2D eigenvalue weighted by Crippen LogP contribution is -2.41. The molecule has 2 aromatic heterocycles. The van der Waals surface area contributed by atoms with Crippen LogP contribution in [0.1, 0.15) is 41.7 Å². The minimum atomic E-state index is -0.782. The van der Waals surface area contributed by atoms with E-state index in [1.54, 1.807) is 6.92 Å². The maximum atomic E-state index is 12.4. The van der Waals surface area contributed by atoms with Gasteiger partial charge in [0, 0.05) is 23.3 Å². The Morgan fingerprint density at radius 3 is 2.70 bits per heavy atom. The smallest absolute Gasteiger partial charge is 0.306 e. The van der Waals surface area contributed by atoms with E-state index in [1.807, 2.05) is 5.38 Å². The van der Waals surface area contributed by atoms with Crippen molar-refractivity contribution in [2.24, 2.45) is 5.92 Å². The molecular formula is C15H17N3O4S. The van der Waals surface area contributed by atoms with Gasteiger partial charge in [0.2, 0.25) is 0 Å². The van der Waals surface area contributed by atoms with E-state index in [0.29, 0.717) is 30.6 Å². The van der Waals surface area contributed by atoms with Gasteiger partial charge in [-0.25, -0.2) is 4.98 Å². The van der Waals surface area contributed by atoms with Crippen molar-refractivity contribution in [2.45, 2.75) is 38.6 Å². The van der Waals surface area contributed by atoms with Gasteiger partial charge in [-0.2, -0.15) is 0 Å². The molecule has 0 radical (unpaired) electrons. The first-order valence-electron chi connectivity index (χ1n) is 7.47. The van der Waals surface area contributed by atoms with Crippen LogP contribution in [0.5, 0.6) is 0 Å². The standard InChI is InChI=1S/C15H17N3O4S/c1-8-7-23-15-16-6-11(13(20)18(8)15)12(19)17-10-4-2-9(3-5-10)14(21)22/h6-7,9-10H,2-5H2,1H3,(H,17,19)(H,21,22). The van der Waals surface area contributed by atoms with Crippen LogP contribution in [0.3, 0.4) is 0 Å². The Bertz CT molecular complexity index is 818. The number of nitrogens with one attached hydrogen (secondary N) is 1. The third kappa shape index (κ3) is 2.98. The number of carboxylic acid groups (broad SMARTS) is 1. The Labute approximate surface area is 136 Å². The molecule has 2 aromatic rings. The number of fused-ring (bicyclic) bond motifs is 1. The Balaban J connectivity index is 1.74. The summed E-state index contributed by atoms with van der Waals surface area (Å²) in [7, 11) is 0. The predicted molar refractivity (Wildman–Crippen MR) is 84.9 cm³/mol. The lowest BCUT2D eigenvalue weighted by molar-refractivity contribution is -0.142. The van der Waals surface area contributed by atoms with Gasteiger partial charge >= 0.3 is 5.97 Å². The molecule has 0 bridgehead atoms. The second-order valence-corrected chi connectivity index (χ2v) is 6.67. The van der Waals surface area contributed by atoms with E-state index in [2.05, 4.69) is 10.3 Å².